The first-order valence-electron chi connectivity index (χ1n) is 7.28. The van der Waals surface area contributed by atoms with E-state index < -0.39 is 0 Å². The number of amides is 1. The van der Waals surface area contributed by atoms with E-state index in [0.29, 0.717) is 16.6 Å². The minimum Gasteiger partial charge on any atom is -0.483 e. The molecule has 0 fully saturated rings. The Morgan fingerprint density at radius 1 is 1.46 bits per heavy atom. The molecule has 1 amide bonds. The summed E-state index contributed by atoms with van der Waals surface area (Å²) in [6, 6.07) is 6.46. The summed E-state index contributed by atoms with van der Waals surface area (Å²) in [6.45, 7) is 2.32. The standard InChI is InChI=1S/C15H18N4OS.CH2O2/c1-18-8-11-4-3-10(5-12(11)9-18)7-19(2)14(20)13-6-17-15(16)21-13;2-1-3/h3-6H,7-9H2,1-2H3,(H2,16,17);1H,(H,2,3). The molecule has 2 aromatic rings. The molecule has 24 heavy (non-hydrogen) atoms. The lowest BCUT2D eigenvalue weighted by Gasteiger charge is -2.16. The fraction of sp³-hybridized carbons (Fsp3) is 0.312. The van der Waals surface area contributed by atoms with Crippen molar-refractivity contribution in [2.45, 2.75) is 19.6 Å². The van der Waals surface area contributed by atoms with Gasteiger partial charge in [0.15, 0.2) is 5.13 Å². The lowest BCUT2D eigenvalue weighted by atomic mass is 10.1. The number of carbonyl (C=O) groups is 2. The number of nitrogens with two attached hydrogens (primary N) is 1. The Balaban J connectivity index is 0.000000647. The molecule has 1 aromatic carbocycles. The summed E-state index contributed by atoms with van der Waals surface area (Å²) in [5.41, 5.74) is 9.47. The van der Waals surface area contributed by atoms with Gasteiger partial charge in [-0.3, -0.25) is 14.5 Å². The molecule has 3 rings (SSSR count). The smallest absolute Gasteiger partial charge is 0.290 e. The zero-order valence-corrected chi connectivity index (χ0v) is 14.4. The molecule has 128 valence electrons. The average molecular weight is 348 g/mol. The first kappa shape index (κ1) is 17.9. The van der Waals surface area contributed by atoms with Gasteiger partial charge in [0.2, 0.25) is 0 Å². The van der Waals surface area contributed by atoms with E-state index in [9.17, 15) is 4.79 Å². The quantitative estimate of drug-likeness (QED) is 0.818. The molecule has 0 saturated heterocycles. The van der Waals surface area contributed by atoms with Crippen LogP contribution >= 0.6 is 11.3 Å². The number of hydrogen-bond acceptors (Lipinski definition) is 6. The van der Waals surface area contributed by atoms with Crippen molar-refractivity contribution in [2.24, 2.45) is 0 Å². The number of benzene rings is 1. The first-order chi connectivity index (χ1) is 11.4. The van der Waals surface area contributed by atoms with Gasteiger partial charge in [0.25, 0.3) is 12.4 Å². The summed E-state index contributed by atoms with van der Waals surface area (Å²) < 4.78 is 0. The second kappa shape index (κ2) is 7.89. The predicted octanol–water partition coefficient (Wildman–Crippen LogP) is 1.64. The van der Waals surface area contributed by atoms with Crippen LogP contribution in [-0.4, -0.2) is 46.4 Å². The molecular formula is C16H20N4O3S. The number of carbonyl (C=O) groups excluding carboxylic acids is 1. The van der Waals surface area contributed by atoms with E-state index >= 15 is 0 Å². The number of nitrogen functional groups attached to an aromatic ring is 1. The number of anilines is 1. The second-order valence-electron chi connectivity index (χ2n) is 5.60. The van der Waals surface area contributed by atoms with Gasteiger partial charge in [-0.05, 0) is 23.7 Å². The number of fused-ring (bicyclic) bond motifs is 1. The van der Waals surface area contributed by atoms with Crippen LogP contribution in [0.5, 0.6) is 0 Å². The van der Waals surface area contributed by atoms with E-state index in [2.05, 4.69) is 35.1 Å². The highest BCUT2D eigenvalue weighted by Crippen LogP contribution is 2.23. The molecule has 0 radical (unpaired) electrons. The molecule has 0 aliphatic carbocycles. The lowest BCUT2D eigenvalue weighted by molar-refractivity contribution is -0.122. The maximum absolute atomic E-state index is 12.3. The number of rotatable bonds is 3. The largest absolute Gasteiger partial charge is 0.483 e. The Morgan fingerprint density at radius 3 is 2.75 bits per heavy atom. The van der Waals surface area contributed by atoms with Crippen molar-refractivity contribution in [1.29, 1.82) is 0 Å². The molecule has 0 bridgehead atoms. The van der Waals surface area contributed by atoms with Gasteiger partial charge in [-0.1, -0.05) is 29.5 Å². The third-order valence-electron chi connectivity index (χ3n) is 3.65. The van der Waals surface area contributed by atoms with Gasteiger partial charge in [0.1, 0.15) is 4.88 Å². The summed E-state index contributed by atoms with van der Waals surface area (Å²) in [4.78, 5) is 29.1. The van der Waals surface area contributed by atoms with Crippen molar-refractivity contribution < 1.29 is 14.7 Å². The summed E-state index contributed by atoms with van der Waals surface area (Å²) >= 11 is 1.22. The Hall–Kier alpha value is -2.45. The molecule has 1 aliphatic rings. The maximum Gasteiger partial charge on any atom is 0.290 e. The fourth-order valence-corrected chi connectivity index (χ4v) is 3.32. The van der Waals surface area contributed by atoms with E-state index in [0.717, 1.165) is 18.7 Å². The van der Waals surface area contributed by atoms with Crippen molar-refractivity contribution >= 4 is 28.8 Å². The molecular weight excluding hydrogens is 328 g/mol. The zero-order chi connectivity index (χ0) is 17.7. The van der Waals surface area contributed by atoms with Crippen LogP contribution in [-0.2, 0) is 24.4 Å². The zero-order valence-electron chi connectivity index (χ0n) is 13.6. The van der Waals surface area contributed by atoms with Crippen LogP contribution in [0.3, 0.4) is 0 Å². The first-order valence-corrected chi connectivity index (χ1v) is 8.10. The molecule has 1 aliphatic heterocycles. The van der Waals surface area contributed by atoms with Gasteiger partial charge < -0.3 is 15.7 Å². The van der Waals surface area contributed by atoms with E-state index in [4.69, 9.17) is 15.6 Å². The molecule has 2 heterocycles. The van der Waals surface area contributed by atoms with Crippen molar-refractivity contribution in [3.8, 4) is 0 Å². The van der Waals surface area contributed by atoms with Crippen LogP contribution in [0.25, 0.3) is 0 Å². The predicted molar refractivity (Wildman–Crippen MR) is 92.6 cm³/mol. The van der Waals surface area contributed by atoms with Gasteiger partial charge in [-0.2, -0.15) is 0 Å². The number of nitrogens with zero attached hydrogens (tertiary/aromatic N) is 3. The van der Waals surface area contributed by atoms with E-state index in [1.807, 2.05) is 0 Å². The van der Waals surface area contributed by atoms with Crippen LogP contribution in [0.2, 0.25) is 0 Å². The third kappa shape index (κ3) is 4.30. The Morgan fingerprint density at radius 2 is 2.12 bits per heavy atom. The number of thiazole rings is 1. The van der Waals surface area contributed by atoms with E-state index in [1.165, 1.54) is 28.7 Å². The van der Waals surface area contributed by atoms with Crippen molar-refractivity contribution in [3.63, 3.8) is 0 Å². The SMILES string of the molecule is CN1Cc2ccc(CN(C)C(=O)c3cnc(N)s3)cc2C1.O=CO. The van der Waals surface area contributed by atoms with Crippen molar-refractivity contribution in [1.82, 2.24) is 14.8 Å². The molecule has 0 atom stereocenters. The normalized spacial score (nSPS) is 12.9. The van der Waals surface area contributed by atoms with Gasteiger partial charge in [0.05, 0.1) is 6.20 Å². The molecule has 7 nitrogen and oxygen atoms in total. The number of aromatic nitrogens is 1. The van der Waals surface area contributed by atoms with Crippen LogP contribution in [0.15, 0.2) is 24.4 Å². The Labute approximate surface area is 144 Å². The van der Waals surface area contributed by atoms with Gasteiger partial charge in [-0.15, -0.1) is 0 Å². The summed E-state index contributed by atoms with van der Waals surface area (Å²) in [5.74, 6) is -0.0400. The van der Waals surface area contributed by atoms with Crippen LogP contribution in [0.4, 0.5) is 5.13 Å². The van der Waals surface area contributed by atoms with Gasteiger partial charge in [-0.25, -0.2) is 4.98 Å². The Bertz CT molecular complexity index is 732. The molecule has 0 spiro atoms. The monoisotopic (exact) mass is 348 g/mol. The molecule has 1 aromatic heterocycles. The summed E-state index contributed by atoms with van der Waals surface area (Å²) in [6.07, 6.45) is 1.54. The average Bonchev–Trinajstić information content (AvgIpc) is 3.11. The van der Waals surface area contributed by atoms with Crippen LogP contribution in [0.1, 0.15) is 26.4 Å². The van der Waals surface area contributed by atoms with E-state index in [1.54, 1.807) is 11.9 Å². The van der Waals surface area contributed by atoms with Crippen molar-refractivity contribution in [3.05, 3.63) is 46.0 Å². The van der Waals surface area contributed by atoms with Gasteiger partial charge in [0, 0.05) is 26.7 Å². The summed E-state index contributed by atoms with van der Waals surface area (Å²) in [5, 5.41) is 7.31. The molecule has 0 unspecified atom stereocenters. The highest BCUT2D eigenvalue weighted by molar-refractivity contribution is 7.17. The van der Waals surface area contributed by atoms with Gasteiger partial charge >= 0.3 is 0 Å². The van der Waals surface area contributed by atoms with E-state index in [-0.39, 0.29) is 12.4 Å². The van der Waals surface area contributed by atoms with Crippen molar-refractivity contribution in [2.75, 3.05) is 19.8 Å². The molecule has 3 N–H and O–H groups in total. The molecule has 0 saturated carbocycles. The lowest BCUT2D eigenvalue weighted by Crippen LogP contribution is -2.25. The maximum atomic E-state index is 12.3. The van der Waals surface area contributed by atoms with Crippen LogP contribution < -0.4 is 5.73 Å². The topological polar surface area (TPSA) is 99.8 Å². The highest BCUT2D eigenvalue weighted by Gasteiger charge is 2.18. The second-order valence-corrected chi connectivity index (χ2v) is 6.67. The minimum absolute atomic E-state index is 0.0400. The highest BCUT2D eigenvalue weighted by atomic mass is 32.1. The molecule has 8 heteroatoms. The summed E-state index contributed by atoms with van der Waals surface area (Å²) in [7, 11) is 3.92. The minimum atomic E-state index is -0.250. The number of hydrogen-bond donors (Lipinski definition) is 2. The Kier molecular flexibility index (Phi) is 5.88. The third-order valence-corrected chi connectivity index (χ3v) is 4.47. The number of carboxylic acid groups (broad SMARTS) is 1. The fourth-order valence-electron chi connectivity index (χ4n) is 2.64. The van der Waals surface area contributed by atoms with Crippen LogP contribution in [0, 0.1) is 0 Å².